The van der Waals surface area contributed by atoms with Gasteiger partial charge in [0.1, 0.15) is 15.7 Å². The summed E-state index contributed by atoms with van der Waals surface area (Å²) in [5, 5.41) is 12.8. The molecular formula is C13H13F3N4S. The van der Waals surface area contributed by atoms with Gasteiger partial charge in [0.05, 0.1) is 0 Å². The van der Waals surface area contributed by atoms with Crippen LogP contribution in [0.25, 0.3) is 10.6 Å². The molecule has 2 aromatic heterocycles. The molecule has 0 spiro atoms. The summed E-state index contributed by atoms with van der Waals surface area (Å²) in [6, 6.07) is 2.54. The van der Waals surface area contributed by atoms with Crippen molar-refractivity contribution in [1.29, 1.82) is 0 Å². The number of piperidine rings is 1. The second-order valence-corrected chi connectivity index (χ2v) is 5.93. The lowest BCUT2D eigenvalue weighted by Crippen LogP contribution is -2.28. The molecule has 1 atom stereocenters. The number of hydrogen-bond acceptors (Lipinski definition) is 5. The van der Waals surface area contributed by atoms with Gasteiger partial charge in [-0.15, -0.1) is 10.2 Å². The normalized spacial score (nSPS) is 19.7. The van der Waals surface area contributed by atoms with Gasteiger partial charge in [-0.3, -0.25) is 4.98 Å². The first-order valence-electron chi connectivity index (χ1n) is 6.62. The van der Waals surface area contributed by atoms with Gasteiger partial charge in [0, 0.05) is 24.2 Å². The van der Waals surface area contributed by atoms with Crippen molar-refractivity contribution in [3.8, 4) is 10.6 Å². The van der Waals surface area contributed by atoms with Gasteiger partial charge < -0.3 is 5.32 Å². The van der Waals surface area contributed by atoms with E-state index < -0.39 is 11.9 Å². The number of halogens is 3. The van der Waals surface area contributed by atoms with Crippen molar-refractivity contribution in [3.05, 3.63) is 29.0 Å². The molecule has 2 aromatic rings. The first-order valence-corrected chi connectivity index (χ1v) is 7.43. The fraction of sp³-hybridized carbons (Fsp3) is 0.462. The van der Waals surface area contributed by atoms with Gasteiger partial charge in [-0.05, 0) is 31.5 Å². The van der Waals surface area contributed by atoms with Crippen LogP contribution in [0, 0.1) is 0 Å². The topological polar surface area (TPSA) is 50.7 Å². The van der Waals surface area contributed by atoms with Gasteiger partial charge in [0.2, 0.25) is 0 Å². The number of alkyl halides is 3. The van der Waals surface area contributed by atoms with E-state index in [1.54, 1.807) is 0 Å². The van der Waals surface area contributed by atoms with Gasteiger partial charge in [-0.2, -0.15) is 13.2 Å². The van der Waals surface area contributed by atoms with Crippen LogP contribution in [0.5, 0.6) is 0 Å². The minimum Gasteiger partial charge on any atom is -0.316 e. The van der Waals surface area contributed by atoms with Gasteiger partial charge in [0.15, 0.2) is 0 Å². The zero-order valence-electron chi connectivity index (χ0n) is 11.0. The van der Waals surface area contributed by atoms with Crippen LogP contribution in [0.1, 0.15) is 29.5 Å². The van der Waals surface area contributed by atoms with E-state index in [1.807, 2.05) is 0 Å². The second-order valence-electron chi connectivity index (χ2n) is 4.92. The van der Waals surface area contributed by atoms with Crippen molar-refractivity contribution in [3.63, 3.8) is 0 Å². The molecule has 0 bridgehead atoms. The van der Waals surface area contributed by atoms with Crippen LogP contribution in [0.2, 0.25) is 0 Å². The maximum Gasteiger partial charge on any atom is 0.433 e. The quantitative estimate of drug-likeness (QED) is 0.925. The molecule has 3 heterocycles. The molecule has 0 saturated carbocycles. The van der Waals surface area contributed by atoms with Crippen LogP contribution in [-0.2, 0) is 6.18 Å². The molecule has 1 unspecified atom stereocenters. The number of hydrogen-bond donors (Lipinski definition) is 1. The van der Waals surface area contributed by atoms with Crippen LogP contribution in [0.15, 0.2) is 18.3 Å². The molecule has 0 amide bonds. The Morgan fingerprint density at radius 1 is 1.29 bits per heavy atom. The highest BCUT2D eigenvalue weighted by atomic mass is 32.1. The Kier molecular flexibility index (Phi) is 3.90. The van der Waals surface area contributed by atoms with Crippen molar-refractivity contribution < 1.29 is 13.2 Å². The molecule has 0 radical (unpaired) electrons. The van der Waals surface area contributed by atoms with E-state index in [4.69, 9.17) is 0 Å². The standard InChI is InChI=1S/C13H13F3N4S/c14-13(15,16)10-6-8(3-5-18-10)11-19-20-12(21-11)9-2-1-4-17-7-9/h3,5-6,9,17H,1-2,4,7H2. The molecule has 1 N–H and O–H groups in total. The molecule has 1 fully saturated rings. The maximum atomic E-state index is 12.7. The highest BCUT2D eigenvalue weighted by molar-refractivity contribution is 7.14. The van der Waals surface area contributed by atoms with Crippen LogP contribution < -0.4 is 5.32 Å². The zero-order valence-corrected chi connectivity index (χ0v) is 11.8. The largest absolute Gasteiger partial charge is 0.433 e. The zero-order chi connectivity index (χ0) is 14.9. The molecule has 4 nitrogen and oxygen atoms in total. The Morgan fingerprint density at radius 3 is 2.86 bits per heavy atom. The molecule has 21 heavy (non-hydrogen) atoms. The Bertz CT molecular complexity index is 620. The van der Waals surface area contributed by atoms with Gasteiger partial charge in [-0.25, -0.2) is 0 Å². The van der Waals surface area contributed by atoms with Crippen LogP contribution in [0.4, 0.5) is 13.2 Å². The van der Waals surface area contributed by atoms with Gasteiger partial charge in [0.25, 0.3) is 0 Å². The molecule has 3 rings (SSSR count). The van der Waals surface area contributed by atoms with Crippen LogP contribution in [0.3, 0.4) is 0 Å². The molecular weight excluding hydrogens is 301 g/mol. The molecule has 1 saturated heterocycles. The number of nitrogens with one attached hydrogen (secondary N) is 1. The molecule has 0 aliphatic carbocycles. The van der Waals surface area contributed by atoms with Crippen LogP contribution in [-0.4, -0.2) is 28.3 Å². The highest BCUT2D eigenvalue weighted by Crippen LogP contribution is 2.33. The first kappa shape index (κ1) is 14.4. The second kappa shape index (κ2) is 5.69. The highest BCUT2D eigenvalue weighted by Gasteiger charge is 2.32. The van der Waals surface area contributed by atoms with Crippen molar-refractivity contribution in [2.24, 2.45) is 0 Å². The summed E-state index contributed by atoms with van der Waals surface area (Å²) < 4.78 is 38.0. The number of nitrogens with zero attached hydrogens (tertiary/aromatic N) is 3. The van der Waals surface area contributed by atoms with E-state index in [0.29, 0.717) is 16.5 Å². The van der Waals surface area contributed by atoms with E-state index in [9.17, 15) is 13.2 Å². The monoisotopic (exact) mass is 314 g/mol. The fourth-order valence-corrected chi connectivity index (χ4v) is 3.27. The van der Waals surface area contributed by atoms with E-state index in [-0.39, 0.29) is 0 Å². The number of aromatic nitrogens is 3. The molecule has 8 heteroatoms. The van der Waals surface area contributed by atoms with Gasteiger partial charge in [-0.1, -0.05) is 11.3 Å². The summed E-state index contributed by atoms with van der Waals surface area (Å²) in [4.78, 5) is 3.35. The minimum atomic E-state index is -4.45. The Balaban J connectivity index is 1.86. The van der Waals surface area contributed by atoms with Crippen molar-refractivity contribution in [2.45, 2.75) is 24.9 Å². The third-order valence-corrected chi connectivity index (χ3v) is 4.52. The lowest BCUT2D eigenvalue weighted by Gasteiger charge is -2.19. The summed E-state index contributed by atoms with van der Waals surface area (Å²) >= 11 is 1.35. The molecule has 0 aromatic carbocycles. The lowest BCUT2D eigenvalue weighted by atomic mass is 10.0. The Hall–Kier alpha value is -1.54. The predicted molar refractivity (Wildman–Crippen MR) is 73.0 cm³/mol. The first-order chi connectivity index (χ1) is 10.0. The van der Waals surface area contributed by atoms with Crippen molar-refractivity contribution in [1.82, 2.24) is 20.5 Å². The van der Waals surface area contributed by atoms with E-state index >= 15 is 0 Å². The Labute approximate surface area is 123 Å². The number of pyridine rings is 1. The fourth-order valence-electron chi connectivity index (χ4n) is 2.30. The average molecular weight is 314 g/mol. The third kappa shape index (κ3) is 3.21. The summed E-state index contributed by atoms with van der Waals surface area (Å²) in [5.41, 5.74) is -0.499. The number of rotatable bonds is 2. The van der Waals surface area contributed by atoms with E-state index in [0.717, 1.165) is 43.2 Å². The summed E-state index contributed by atoms with van der Waals surface area (Å²) in [6.45, 7) is 1.85. The Morgan fingerprint density at radius 2 is 2.14 bits per heavy atom. The maximum absolute atomic E-state index is 12.7. The SMILES string of the molecule is FC(F)(F)c1cc(-c2nnc(C3CCCNC3)s2)ccn1. The lowest BCUT2D eigenvalue weighted by molar-refractivity contribution is -0.141. The summed E-state index contributed by atoms with van der Waals surface area (Å²) in [6.07, 6.45) is -1.18. The van der Waals surface area contributed by atoms with E-state index in [2.05, 4.69) is 20.5 Å². The molecule has 1 aliphatic heterocycles. The third-order valence-electron chi connectivity index (χ3n) is 3.38. The molecule has 112 valence electrons. The predicted octanol–water partition coefficient (Wildman–Crippen LogP) is 3.09. The average Bonchev–Trinajstić information content (AvgIpc) is 2.97. The molecule has 1 aliphatic rings. The summed E-state index contributed by atoms with van der Waals surface area (Å²) in [5.74, 6) is 0.300. The van der Waals surface area contributed by atoms with E-state index in [1.165, 1.54) is 17.4 Å². The van der Waals surface area contributed by atoms with Crippen LogP contribution >= 0.6 is 11.3 Å². The smallest absolute Gasteiger partial charge is 0.316 e. The minimum absolute atomic E-state index is 0.300. The van der Waals surface area contributed by atoms with Crippen molar-refractivity contribution in [2.75, 3.05) is 13.1 Å². The van der Waals surface area contributed by atoms with Crippen molar-refractivity contribution >= 4 is 11.3 Å². The van der Waals surface area contributed by atoms with Gasteiger partial charge >= 0.3 is 6.18 Å². The summed E-state index contributed by atoms with van der Waals surface area (Å²) in [7, 11) is 0.